The SMILES string of the molecule is COc1nc(NC2CCC(C)(O)CC2)nn2ccc(-c3cc(F)c4nc(C)n(CC(F)F)c4c3)c12. The quantitative estimate of drug-likeness (QED) is 0.413. The average Bonchev–Trinajstić information content (AvgIpc) is 3.36. The largest absolute Gasteiger partial charge is 0.479 e. The Bertz CT molecular complexity index is 1390. The fraction of sp³-hybridized carbons (Fsp3) is 0.458. The van der Waals surface area contributed by atoms with Crippen molar-refractivity contribution in [2.24, 2.45) is 0 Å². The minimum Gasteiger partial charge on any atom is -0.479 e. The second-order valence-corrected chi connectivity index (χ2v) is 9.37. The number of anilines is 1. The average molecular weight is 489 g/mol. The predicted molar refractivity (Wildman–Crippen MR) is 125 cm³/mol. The van der Waals surface area contributed by atoms with E-state index in [4.69, 9.17) is 4.74 Å². The van der Waals surface area contributed by atoms with Crippen LogP contribution in [0.2, 0.25) is 0 Å². The number of alkyl halides is 2. The minimum absolute atomic E-state index is 0.0524. The van der Waals surface area contributed by atoms with Gasteiger partial charge in [0.25, 0.3) is 6.43 Å². The molecule has 0 unspecified atom stereocenters. The van der Waals surface area contributed by atoms with Gasteiger partial charge in [-0.1, -0.05) is 0 Å². The molecule has 186 valence electrons. The van der Waals surface area contributed by atoms with Crippen LogP contribution in [-0.4, -0.2) is 54.4 Å². The molecule has 1 aliphatic rings. The normalized spacial score (nSPS) is 20.7. The van der Waals surface area contributed by atoms with Gasteiger partial charge in [0, 0.05) is 17.8 Å². The van der Waals surface area contributed by atoms with Crippen LogP contribution in [0.15, 0.2) is 24.4 Å². The highest BCUT2D eigenvalue weighted by Crippen LogP contribution is 2.35. The Hall–Kier alpha value is -3.34. The van der Waals surface area contributed by atoms with Crippen molar-refractivity contribution in [3.05, 3.63) is 36.0 Å². The van der Waals surface area contributed by atoms with E-state index in [1.54, 1.807) is 29.8 Å². The van der Waals surface area contributed by atoms with Gasteiger partial charge in [-0.15, -0.1) is 5.10 Å². The third-order valence-corrected chi connectivity index (χ3v) is 6.70. The Kier molecular flexibility index (Phi) is 5.82. The zero-order valence-electron chi connectivity index (χ0n) is 19.7. The van der Waals surface area contributed by atoms with Gasteiger partial charge in [0.05, 0.1) is 24.8 Å². The van der Waals surface area contributed by atoms with Crippen LogP contribution in [0.4, 0.5) is 19.1 Å². The number of hydrogen-bond donors (Lipinski definition) is 2. The third kappa shape index (κ3) is 4.40. The molecule has 3 aromatic heterocycles. The van der Waals surface area contributed by atoms with E-state index in [0.29, 0.717) is 52.7 Å². The van der Waals surface area contributed by atoms with Crippen molar-refractivity contribution >= 4 is 22.5 Å². The molecule has 5 rings (SSSR count). The maximum atomic E-state index is 15.0. The lowest BCUT2D eigenvalue weighted by atomic mass is 9.84. The zero-order chi connectivity index (χ0) is 24.9. The zero-order valence-corrected chi connectivity index (χ0v) is 19.7. The van der Waals surface area contributed by atoms with Crippen molar-refractivity contribution in [2.45, 2.75) is 64.1 Å². The number of aromatic nitrogens is 5. The minimum atomic E-state index is -2.59. The number of halogens is 3. The smallest absolute Gasteiger partial charge is 0.256 e. The van der Waals surface area contributed by atoms with Gasteiger partial charge in [0.2, 0.25) is 11.8 Å². The first kappa shape index (κ1) is 23.4. The first-order valence-electron chi connectivity index (χ1n) is 11.5. The third-order valence-electron chi connectivity index (χ3n) is 6.70. The molecule has 1 aromatic carbocycles. The van der Waals surface area contributed by atoms with Crippen molar-refractivity contribution in [2.75, 3.05) is 12.4 Å². The van der Waals surface area contributed by atoms with Crippen LogP contribution in [0.25, 0.3) is 27.7 Å². The Balaban J connectivity index is 1.54. The molecule has 8 nitrogen and oxygen atoms in total. The molecule has 1 aliphatic carbocycles. The summed E-state index contributed by atoms with van der Waals surface area (Å²) in [4.78, 5) is 8.65. The topological polar surface area (TPSA) is 89.5 Å². The molecule has 0 atom stereocenters. The molecule has 0 bridgehead atoms. The summed E-state index contributed by atoms with van der Waals surface area (Å²) in [6, 6.07) is 4.86. The lowest BCUT2D eigenvalue weighted by Gasteiger charge is -2.33. The van der Waals surface area contributed by atoms with Gasteiger partial charge in [-0.25, -0.2) is 22.7 Å². The van der Waals surface area contributed by atoms with E-state index < -0.39 is 24.4 Å². The highest BCUT2D eigenvalue weighted by molar-refractivity contribution is 5.90. The van der Waals surface area contributed by atoms with Crippen molar-refractivity contribution in [1.82, 2.24) is 24.1 Å². The van der Waals surface area contributed by atoms with Crippen molar-refractivity contribution in [3.63, 3.8) is 0 Å². The summed E-state index contributed by atoms with van der Waals surface area (Å²) in [6.07, 6.45) is 2.08. The van der Waals surface area contributed by atoms with E-state index in [9.17, 15) is 18.3 Å². The van der Waals surface area contributed by atoms with E-state index in [2.05, 4.69) is 20.4 Å². The van der Waals surface area contributed by atoms with E-state index >= 15 is 0 Å². The lowest BCUT2D eigenvalue weighted by Crippen LogP contribution is -2.36. The monoisotopic (exact) mass is 488 g/mol. The molecule has 0 saturated heterocycles. The van der Waals surface area contributed by atoms with E-state index in [0.717, 1.165) is 12.8 Å². The van der Waals surface area contributed by atoms with Crippen molar-refractivity contribution < 1.29 is 23.0 Å². The standard InChI is InChI=1S/C24H27F3N6O2/c1-13-28-20-17(25)10-14(11-18(20)32(13)12-19(26)27)16-6-9-33-21(16)22(35-3)30-23(31-33)29-15-4-7-24(2,34)8-5-15/h6,9-11,15,19,34H,4-5,7-8,12H2,1-3H3,(H,29,31). The first-order chi connectivity index (χ1) is 16.6. The van der Waals surface area contributed by atoms with Crippen LogP contribution in [0.5, 0.6) is 5.88 Å². The van der Waals surface area contributed by atoms with Crippen LogP contribution >= 0.6 is 0 Å². The second kappa shape index (κ2) is 8.71. The molecule has 11 heteroatoms. The van der Waals surface area contributed by atoms with E-state index in [1.807, 2.05) is 6.92 Å². The number of methoxy groups -OCH3 is 1. The van der Waals surface area contributed by atoms with E-state index in [-0.39, 0.29) is 11.6 Å². The second-order valence-electron chi connectivity index (χ2n) is 9.37. The number of aryl methyl sites for hydroxylation is 1. The Morgan fingerprint density at radius 3 is 2.69 bits per heavy atom. The number of nitrogens with zero attached hydrogens (tertiary/aromatic N) is 5. The van der Waals surface area contributed by atoms with E-state index in [1.165, 1.54) is 17.7 Å². The number of imidazole rings is 1. The summed E-state index contributed by atoms with van der Waals surface area (Å²) in [6.45, 7) is 2.85. The molecule has 0 radical (unpaired) electrons. The fourth-order valence-corrected chi connectivity index (χ4v) is 4.82. The maximum absolute atomic E-state index is 15.0. The molecule has 4 aromatic rings. The summed E-state index contributed by atoms with van der Waals surface area (Å²) in [5.74, 6) is 0.400. The lowest BCUT2D eigenvalue weighted by molar-refractivity contribution is 0.0195. The Morgan fingerprint density at radius 2 is 2.00 bits per heavy atom. The summed E-state index contributed by atoms with van der Waals surface area (Å²) in [7, 11) is 1.49. The van der Waals surface area contributed by atoms with Crippen molar-refractivity contribution in [3.8, 4) is 17.0 Å². The predicted octanol–water partition coefficient (Wildman–Crippen LogP) is 4.57. The van der Waals surface area contributed by atoms with Gasteiger partial charge >= 0.3 is 0 Å². The fourth-order valence-electron chi connectivity index (χ4n) is 4.82. The number of benzene rings is 1. The summed E-state index contributed by atoms with van der Waals surface area (Å²) >= 11 is 0. The van der Waals surface area contributed by atoms with Crippen LogP contribution < -0.4 is 10.1 Å². The number of ether oxygens (including phenoxy) is 1. The molecular weight excluding hydrogens is 461 g/mol. The van der Waals surface area contributed by atoms with Gasteiger partial charge in [0.1, 0.15) is 16.9 Å². The molecule has 3 heterocycles. The highest BCUT2D eigenvalue weighted by atomic mass is 19.3. The summed E-state index contributed by atoms with van der Waals surface area (Å²) < 4.78 is 49.7. The number of rotatable bonds is 6. The highest BCUT2D eigenvalue weighted by Gasteiger charge is 2.29. The number of aliphatic hydroxyl groups is 1. The van der Waals surface area contributed by atoms with Gasteiger partial charge in [-0.2, -0.15) is 4.98 Å². The van der Waals surface area contributed by atoms with Gasteiger partial charge < -0.3 is 19.7 Å². The Labute approximate surface area is 199 Å². The number of hydrogen-bond acceptors (Lipinski definition) is 6. The first-order valence-corrected chi connectivity index (χ1v) is 11.5. The number of nitrogens with one attached hydrogen (secondary N) is 1. The van der Waals surface area contributed by atoms with Gasteiger partial charge in [-0.3, -0.25) is 0 Å². The molecule has 0 amide bonds. The Morgan fingerprint density at radius 1 is 1.26 bits per heavy atom. The van der Waals surface area contributed by atoms with Gasteiger partial charge in [-0.05, 0) is 63.3 Å². The molecular formula is C24H27F3N6O2. The molecule has 0 aliphatic heterocycles. The van der Waals surface area contributed by atoms with Crippen molar-refractivity contribution in [1.29, 1.82) is 0 Å². The van der Waals surface area contributed by atoms with Gasteiger partial charge in [0.15, 0.2) is 5.82 Å². The maximum Gasteiger partial charge on any atom is 0.256 e. The molecule has 1 saturated carbocycles. The summed E-state index contributed by atoms with van der Waals surface area (Å²) in [5.41, 5.74) is 1.31. The molecule has 35 heavy (non-hydrogen) atoms. The number of fused-ring (bicyclic) bond motifs is 2. The van der Waals surface area contributed by atoms with Crippen LogP contribution in [0.1, 0.15) is 38.4 Å². The summed E-state index contributed by atoms with van der Waals surface area (Å²) in [5, 5.41) is 18.1. The van der Waals surface area contributed by atoms with Crippen LogP contribution in [0.3, 0.4) is 0 Å². The molecule has 1 fully saturated rings. The molecule has 0 spiro atoms. The van der Waals surface area contributed by atoms with Crippen LogP contribution in [0, 0.1) is 12.7 Å². The van der Waals surface area contributed by atoms with Crippen LogP contribution in [-0.2, 0) is 6.54 Å². The molecule has 2 N–H and O–H groups in total.